The molecule has 0 saturated carbocycles. The number of aromatic nitrogens is 2. The van der Waals surface area contributed by atoms with Crippen LogP contribution in [-0.2, 0) is 9.53 Å². The van der Waals surface area contributed by atoms with Gasteiger partial charge in [-0.1, -0.05) is 6.92 Å². The maximum absolute atomic E-state index is 11.3. The summed E-state index contributed by atoms with van der Waals surface area (Å²) in [7, 11) is 1.35. The van der Waals surface area contributed by atoms with Crippen molar-refractivity contribution < 1.29 is 19.4 Å². The molecular weight excluding hydrogens is 306 g/mol. The summed E-state index contributed by atoms with van der Waals surface area (Å²) in [6, 6.07) is 0. The van der Waals surface area contributed by atoms with E-state index in [9.17, 15) is 9.90 Å². The standard InChI is InChI=1S/C14H25N3O4S/c1-9(6-11(19)20-5)12-13(17-22-16-12)21-8-10(18)7-15-14(2,3)4/h9-10,15,18H,6-8H2,1-5H3. The number of hydrogen-bond donors (Lipinski definition) is 2. The largest absolute Gasteiger partial charge is 0.473 e. The van der Waals surface area contributed by atoms with Gasteiger partial charge in [0.25, 0.3) is 0 Å². The Morgan fingerprint density at radius 2 is 2.09 bits per heavy atom. The maximum Gasteiger partial charge on any atom is 0.306 e. The first-order valence-electron chi connectivity index (χ1n) is 7.18. The Morgan fingerprint density at radius 3 is 2.68 bits per heavy atom. The van der Waals surface area contributed by atoms with Gasteiger partial charge in [-0.15, -0.1) is 4.37 Å². The average Bonchev–Trinajstić information content (AvgIpc) is 2.90. The van der Waals surface area contributed by atoms with E-state index in [2.05, 4.69) is 18.8 Å². The Morgan fingerprint density at radius 1 is 1.41 bits per heavy atom. The Labute approximate surface area is 135 Å². The number of rotatable bonds is 8. The van der Waals surface area contributed by atoms with E-state index in [4.69, 9.17) is 4.74 Å². The fourth-order valence-electron chi connectivity index (χ4n) is 1.68. The van der Waals surface area contributed by atoms with E-state index < -0.39 is 6.10 Å². The van der Waals surface area contributed by atoms with Crippen LogP contribution in [0.25, 0.3) is 0 Å². The van der Waals surface area contributed by atoms with E-state index in [0.717, 1.165) is 11.7 Å². The average molecular weight is 331 g/mol. The molecule has 8 heteroatoms. The third-order valence-electron chi connectivity index (χ3n) is 2.93. The lowest BCUT2D eigenvalue weighted by Crippen LogP contribution is -2.42. The molecule has 0 bridgehead atoms. The molecule has 0 amide bonds. The number of nitrogens with zero attached hydrogens (tertiary/aromatic N) is 2. The van der Waals surface area contributed by atoms with Crippen molar-refractivity contribution in [3.8, 4) is 5.88 Å². The molecule has 1 rings (SSSR count). The van der Waals surface area contributed by atoms with Crippen molar-refractivity contribution in [2.75, 3.05) is 20.3 Å². The molecule has 0 aliphatic rings. The summed E-state index contributed by atoms with van der Waals surface area (Å²) in [5.74, 6) is -0.0804. The lowest BCUT2D eigenvalue weighted by Gasteiger charge is -2.22. The van der Waals surface area contributed by atoms with E-state index in [1.807, 2.05) is 27.7 Å². The lowest BCUT2D eigenvalue weighted by atomic mass is 10.0. The number of nitrogens with one attached hydrogen (secondary N) is 1. The van der Waals surface area contributed by atoms with E-state index in [1.165, 1.54) is 7.11 Å². The van der Waals surface area contributed by atoms with Crippen molar-refractivity contribution in [3.05, 3.63) is 5.69 Å². The fourth-order valence-corrected chi connectivity index (χ4v) is 2.28. The van der Waals surface area contributed by atoms with E-state index in [1.54, 1.807) is 0 Å². The third kappa shape index (κ3) is 6.67. The number of aliphatic hydroxyl groups excluding tert-OH is 1. The van der Waals surface area contributed by atoms with Crippen LogP contribution in [0.3, 0.4) is 0 Å². The second-order valence-electron chi connectivity index (χ2n) is 6.23. The van der Waals surface area contributed by atoms with Crippen LogP contribution >= 0.6 is 11.7 Å². The zero-order valence-electron chi connectivity index (χ0n) is 13.8. The Bertz CT molecular complexity index is 473. The molecule has 0 aliphatic carbocycles. The van der Waals surface area contributed by atoms with Crippen LogP contribution in [0.15, 0.2) is 0 Å². The van der Waals surface area contributed by atoms with Crippen molar-refractivity contribution in [2.24, 2.45) is 0 Å². The van der Waals surface area contributed by atoms with Crippen LogP contribution in [0.1, 0.15) is 45.7 Å². The monoisotopic (exact) mass is 331 g/mol. The zero-order valence-corrected chi connectivity index (χ0v) is 14.6. The molecule has 0 saturated heterocycles. The molecule has 22 heavy (non-hydrogen) atoms. The molecule has 2 N–H and O–H groups in total. The first kappa shape index (κ1) is 18.8. The highest BCUT2D eigenvalue weighted by atomic mass is 32.1. The van der Waals surface area contributed by atoms with Crippen LogP contribution in [0.2, 0.25) is 0 Å². The van der Waals surface area contributed by atoms with Gasteiger partial charge >= 0.3 is 5.97 Å². The molecule has 126 valence electrons. The summed E-state index contributed by atoms with van der Waals surface area (Å²) in [6.07, 6.45) is -0.434. The molecule has 1 aromatic heterocycles. The number of carbonyl (C=O) groups is 1. The lowest BCUT2D eigenvalue weighted by molar-refractivity contribution is -0.141. The molecule has 0 aromatic carbocycles. The van der Waals surface area contributed by atoms with Crippen molar-refractivity contribution >= 4 is 17.7 Å². The number of β-amino-alcohol motifs (C(OH)–C–C–N with tert-alkyl or cyclic N) is 1. The molecule has 0 aliphatic heterocycles. The Hall–Kier alpha value is -1.25. The number of ether oxygens (including phenoxy) is 2. The molecule has 1 heterocycles. The van der Waals surface area contributed by atoms with Gasteiger partial charge < -0.3 is 19.9 Å². The molecule has 0 radical (unpaired) electrons. The zero-order chi connectivity index (χ0) is 16.8. The van der Waals surface area contributed by atoms with Crippen LogP contribution < -0.4 is 10.1 Å². The van der Waals surface area contributed by atoms with Gasteiger partial charge in [0.2, 0.25) is 5.88 Å². The normalized spacial score (nSPS) is 14.5. The third-order valence-corrected chi connectivity index (χ3v) is 3.46. The van der Waals surface area contributed by atoms with Crippen LogP contribution in [0, 0.1) is 0 Å². The number of carbonyl (C=O) groups excluding carboxylic acids is 1. The van der Waals surface area contributed by atoms with Crippen LogP contribution in [0.5, 0.6) is 5.88 Å². The maximum atomic E-state index is 11.3. The van der Waals surface area contributed by atoms with Gasteiger partial charge in [-0.05, 0) is 20.8 Å². The first-order chi connectivity index (χ1) is 10.2. The Kier molecular flexibility index (Phi) is 7.18. The molecule has 1 aromatic rings. The van der Waals surface area contributed by atoms with Gasteiger partial charge in [0.15, 0.2) is 0 Å². The minimum atomic E-state index is -0.648. The molecular formula is C14H25N3O4S. The molecule has 2 atom stereocenters. The highest BCUT2D eigenvalue weighted by molar-refractivity contribution is 6.99. The van der Waals surface area contributed by atoms with E-state index >= 15 is 0 Å². The van der Waals surface area contributed by atoms with Crippen molar-refractivity contribution in [2.45, 2.75) is 51.7 Å². The molecule has 0 fully saturated rings. The minimum absolute atomic E-state index is 0.0661. The van der Waals surface area contributed by atoms with Crippen molar-refractivity contribution in [3.63, 3.8) is 0 Å². The van der Waals surface area contributed by atoms with Gasteiger partial charge in [0, 0.05) is 18.0 Å². The summed E-state index contributed by atoms with van der Waals surface area (Å²) < 4.78 is 18.4. The van der Waals surface area contributed by atoms with Crippen LogP contribution in [-0.4, -0.2) is 51.7 Å². The highest BCUT2D eigenvalue weighted by Crippen LogP contribution is 2.27. The second-order valence-corrected chi connectivity index (χ2v) is 6.76. The summed E-state index contributed by atoms with van der Waals surface area (Å²) in [5, 5.41) is 13.1. The van der Waals surface area contributed by atoms with Crippen molar-refractivity contribution in [1.82, 2.24) is 14.1 Å². The predicted octanol–water partition coefficient (Wildman–Crippen LogP) is 1.33. The van der Waals surface area contributed by atoms with Crippen LogP contribution in [0.4, 0.5) is 0 Å². The summed E-state index contributed by atoms with van der Waals surface area (Å²) >= 11 is 1.02. The Balaban J connectivity index is 2.50. The number of hydrogen-bond acceptors (Lipinski definition) is 8. The SMILES string of the molecule is COC(=O)CC(C)c1nsnc1OCC(O)CNC(C)(C)C. The molecule has 7 nitrogen and oxygen atoms in total. The quantitative estimate of drug-likeness (QED) is 0.694. The number of methoxy groups -OCH3 is 1. The number of esters is 1. The summed E-state index contributed by atoms with van der Waals surface area (Å²) in [6.45, 7) is 8.48. The summed E-state index contributed by atoms with van der Waals surface area (Å²) in [5.41, 5.74) is 0.551. The smallest absolute Gasteiger partial charge is 0.306 e. The van der Waals surface area contributed by atoms with Gasteiger partial charge in [0.05, 0.1) is 25.3 Å². The topological polar surface area (TPSA) is 93.6 Å². The summed E-state index contributed by atoms with van der Waals surface area (Å²) in [4.78, 5) is 11.3. The van der Waals surface area contributed by atoms with Crippen molar-refractivity contribution in [1.29, 1.82) is 0 Å². The molecule has 2 unspecified atom stereocenters. The highest BCUT2D eigenvalue weighted by Gasteiger charge is 2.21. The van der Waals surface area contributed by atoms with E-state index in [0.29, 0.717) is 18.1 Å². The number of aliphatic hydroxyl groups is 1. The van der Waals surface area contributed by atoms with Gasteiger partial charge in [-0.3, -0.25) is 4.79 Å². The first-order valence-corrected chi connectivity index (χ1v) is 7.91. The van der Waals surface area contributed by atoms with Gasteiger partial charge in [0.1, 0.15) is 18.4 Å². The van der Waals surface area contributed by atoms with Gasteiger partial charge in [-0.2, -0.15) is 4.37 Å². The van der Waals surface area contributed by atoms with E-state index in [-0.39, 0.29) is 30.5 Å². The fraction of sp³-hybridized carbons (Fsp3) is 0.786. The van der Waals surface area contributed by atoms with Gasteiger partial charge in [-0.25, -0.2) is 0 Å². The minimum Gasteiger partial charge on any atom is -0.473 e. The predicted molar refractivity (Wildman–Crippen MR) is 84.2 cm³/mol. The second kappa shape index (κ2) is 8.40. The molecule has 0 spiro atoms.